The van der Waals surface area contributed by atoms with E-state index in [1.54, 1.807) is 17.7 Å². The van der Waals surface area contributed by atoms with Crippen LogP contribution >= 0.6 is 11.8 Å². The minimum Gasteiger partial charge on any atom is -0.279 e. The summed E-state index contributed by atoms with van der Waals surface area (Å²) < 4.78 is 39.8. The number of hydrogen-bond acceptors (Lipinski definition) is 3. The molecule has 0 spiro atoms. The summed E-state index contributed by atoms with van der Waals surface area (Å²) in [5.74, 6) is 0. The van der Waals surface area contributed by atoms with Gasteiger partial charge in [0.1, 0.15) is 5.69 Å². The highest BCUT2D eigenvalue weighted by Gasteiger charge is 2.31. The molecule has 0 aliphatic carbocycles. The highest BCUT2D eigenvalue weighted by atomic mass is 32.2. The van der Waals surface area contributed by atoms with E-state index in [0.717, 1.165) is 23.9 Å². The highest BCUT2D eigenvalue weighted by molar-refractivity contribution is 8.14. The molecular formula is C16H17F3N2OS. The van der Waals surface area contributed by atoms with Crippen LogP contribution in [-0.4, -0.2) is 14.9 Å². The lowest BCUT2D eigenvalue weighted by molar-refractivity contribution is -0.137. The molecule has 1 aromatic heterocycles. The van der Waals surface area contributed by atoms with E-state index < -0.39 is 17.3 Å². The Balaban J connectivity index is 2.31. The number of carbonyl (C=O) groups is 1. The van der Waals surface area contributed by atoms with Crippen LogP contribution in [0.3, 0.4) is 0 Å². The average Bonchev–Trinajstić information content (AvgIpc) is 2.80. The molecule has 0 saturated heterocycles. The Kier molecular flexibility index (Phi) is 4.61. The zero-order chi connectivity index (χ0) is 17.4. The van der Waals surface area contributed by atoms with Gasteiger partial charge in [0.25, 0.3) is 0 Å². The normalized spacial score (nSPS) is 12.5. The Hall–Kier alpha value is -1.76. The molecule has 0 aliphatic rings. The maximum Gasteiger partial charge on any atom is 0.416 e. The van der Waals surface area contributed by atoms with Gasteiger partial charge >= 0.3 is 6.18 Å². The second kappa shape index (κ2) is 6.03. The third kappa shape index (κ3) is 4.16. The number of rotatable bonds is 2. The smallest absolute Gasteiger partial charge is 0.279 e. The van der Waals surface area contributed by atoms with Crippen molar-refractivity contribution in [3.05, 3.63) is 47.3 Å². The average molecular weight is 342 g/mol. The molecule has 0 saturated carbocycles. The van der Waals surface area contributed by atoms with Gasteiger partial charge < -0.3 is 0 Å². The summed E-state index contributed by atoms with van der Waals surface area (Å²) in [6.07, 6.45) is -4.43. The van der Waals surface area contributed by atoms with E-state index in [1.807, 2.05) is 20.8 Å². The van der Waals surface area contributed by atoms with Gasteiger partial charge in [-0.1, -0.05) is 6.07 Å². The Morgan fingerprint density at radius 2 is 1.83 bits per heavy atom. The van der Waals surface area contributed by atoms with Crippen LogP contribution in [0.25, 0.3) is 0 Å². The molecule has 0 atom stereocenters. The molecule has 0 unspecified atom stereocenters. The van der Waals surface area contributed by atoms with Crippen molar-refractivity contribution < 1.29 is 18.0 Å². The van der Waals surface area contributed by atoms with Crippen molar-refractivity contribution in [1.82, 2.24) is 9.78 Å². The van der Waals surface area contributed by atoms with Crippen LogP contribution in [0.15, 0.2) is 35.2 Å². The van der Waals surface area contributed by atoms with E-state index >= 15 is 0 Å². The molecule has 7 heteroatoms. The number of nitrogens with zero attached hydrogens (tertiary/aromatic N) is 2. The van der Waals surface area contributed by atoms with Gasteiger partial charge in [-0.3, -0.25) is 9.48 Å². The van der Waals surface area contributed by atoms with Crippen molar-refractivity contribution in [2.75, 3.05) is 0 Å². The fourth-order valence-electron chi connectivity index (χ4n) is 2.05. The lowest BCUT2D eigenvalue weighted by atomic mass is 10.1. The van der Waals surface area contributed by atoms with Crippen LogP contribution in [-0.2, 0) is 11.7 Å². The third-order valence-corrected chi connectivity index (χ3v) is 3.93. The van der Waals surface area contributed by atoms with Crippen LogP contribution in [0, 0.1) is 6.92 Å². The summed E-state index contributed by atoms with van der Waals surface area (Å²) >= 11 is 0.771. The minimum atomic E-state index is -4.43. The van der Waals surface area contributed by atoms with Crippen molar-refractivity contribution in [1.29, 1.82) is 0 Å². The molecule has 124 valence electrons. The van der Waals surface area contributed by atoms with E-state index in [4.69, 9.17) is 0 Å². The first-order valence-corrected chi connectivity index (χ1v) is 7.77. The molecule has 23 heavy (non-hydrogen) atoms. The van der Waals surface area contributed by atoms with Gasteiger partial charge in [0.15, 0.2) is 0 Å². The number of alkyl halides is 3. The summed E-state index contributed by atoms with van der Waals surface area (Å²) in [5.41, 5.74) is -0.102. The van der Waals surface area contributed by atoms with Gasteiger partial charge in [-0.25, -0.2) is 0 Å². The lowest BCUT2D eigenvalue weighted by Crippen LogP contribution is -2.26. The first-order valence-electron chi connectivity index (χ1n) is 6.95. The fraction of sp³-hybridized carbons (Fsp3) is 0.375. The van der Waals surface area contributed by atoms with E-state index in [2.05, 4.69) is 5.10 Å². The van der Waals surface area contributed by atoms with Crippen LogP contribution in [0.5, 0.6) is 0 Å². The number of hydrogen-bond donors (Lipinski definition) is 0. The van der Waals surface area contributed by atoms with Gasteiger partial charge in [-0.05, 0) is 63.7 Å². The number of carbonyl (C=O) groups excluding carboxylic acids is 1. The molecule has 2 aromatic rings. The first-order chi connectivity index (χ1) is 10.5. The molecule has 1 aromatic carbocycles. The summed E-state index contributed by atoms with van der Waals surface area (Å²) in [6, 6.07) is 6.40. The van der Waals surface area contributed by atoms with E-state index in [9.17, 15) is 18.0 Å². The van der Waals surface area contributed by atoms with Crippen molar-refractivity contribution in [3.63, 3.8) is 0 Å². The van der Waals surface area contributed by atoms with Crippen LogP contribution in [0.1, 0.15) is 42.5 Å². The maximum absolute atomic E-state index is 12.7. The Morgan fingerprint density at radius 3 is 2.39 bits per heavy atom. The number of benzene rings is 1. The number of aryl methyl sites for hydroxylation is 1. The molecule has 3 nitrogen and oxygen atoms in total. The van der Waals surface area contributed by atoms with E-state index in [-0.39, 0.29) is 10.0 Å². The molecular weight excluding hydrogens is 325 g/mol. The van der Waals surface area contributed by atoms with Crippen LogP contribution < -0.4 is 0 Å². The first kappa shape index (κ1) is 17.6. The summed E-state index contributed by atoms with van der Waals surface area (Å²) in [6.45, 7) is 7.50. The summed E-state index contributed by atoms with van der Waals surface area (Å²) in [7, 11) is 0. The van der Waals surface area contributed by atoms with E-state index in [0.29, 0.717) is 11.4 Å². The Labute approximate surface area is 136 Å². The lowest BCUT2D eigenvalue weighted by Gasteiger charge is -2.21. The number of thioether (sulfide) groups is 1. The van der Waals surface area contributed by atoms with Gasteiger partial charge in [0.2, 0.25) is 5.12 Å². The molecule has 0 N–H and O–H groups in total. The second-order valence-electron chi connectivity index (χ2n) is 6.17. The Morgan fingerprint density at radius 1 is 1.17 bits per heavy atom. The molecule has 0 amide bonds. The second-order valence-corrected chi connectivity index (χ2v) is 7.22. The summed E-state index contributed by atoms with van der Waals surface area (Å²) in [4.78, 5) is 12.7. The van der Waals surface area contributed by atoms with Crippen LogP contribution in [0.2, 0.25) is 0 Å². The third-order valence-electron chi connectivity index (χ3n) is 3.05. The zero-order valence-corrected chi connectivity index (χ0v) is 14.0. The predicted octanol–water partition coefficient (Wildman–Crippen LogP) is 4.90. The largest absolute Gasteiger partial charge is 0.416 e. The molecule has 0 bridgehead atoms. The van der Waals surface area contributed by atoms with Crippen molar-refractivity contribution in [2.45, 2.75) is 44.3 Å². The molecule has 0 aliphatic heterocycles. The number of aromatic nitrogens is 2. The fourth-order valence-corrected chi connectivity index (χ4v) is 2.85. The van der Waals surface area contributed by atoms with Crippen molar-refractivity contribution in [3.8, 4) is 0 Å². The predicted molar refractivity (Wildman–Crippen MR) is 83.6 cm³/mol. The monoisotopic (exact) mass is 342 g/mol. The number of halogens is 3. The zero-order valence-electron chi connectivity index (χ0n) is 13.2. The standard InChI is InChI=1S/C16H17F3N2OS/c1-10-8-13(21(20-10)15(2,3)4)14(22)23-12-7-5-6-11(9-12)16(17,18)19/h5-9H,1-4H3. The van der Waals surface area contributed by atoms with E-state index in [1.165, 1.54) is 12.1 Å². The molecule has 2 rings (SSSR count). The molecule has 0 radical (unpaired) electrons. The van der Waals surface area contributed by atoms with Gasteiger partial charge in [-0.15, -0.1) is 0 Å². The summed E-state index contributed by atoms with van der Waals surface area (Å²) in [5, 5.41) is 3.97. The van der Waals surface area contributed by atoms with Gasteiger partial charge in [0, 0.05) is 4.90 Å². The molecule has 0 fully saturated rings. The SMILES string of the molecule is Cc1cc(C(=O)Sc2cccc(C(F)(F)F)c2)n(C(C)(C)C)n1. The van der Waals surface area contributed by atoms with Crippen LogP contribution in [0.4, 0.5) is 13.2 Å². The topological polar surface area (TPSA) is 34.9 Å². The Bertz CT molecular complexity index is 730. The van der Waals surface area contributed by atoms with Crippen molar-refractivity contribution >= 4 is 16.9 Å². The van der Waals surface area contributed by atoms with Crippen molar-refractivity contribution in [2.24, 2.45) is 0 Å². The quantitative estimate of drug-likeness (QED) is 0.728. The highest BCUT2D eigenvalue weighted by Crippen LogP contribution is 2.33. The van der Waals surface area contributed by atoms with Gasteiger partial charge in [0.05, 0.1) is 16.8 Å². The maximum atomic E-state index is 12.7. The minimum absolute atomic E-state index is 0.254. The molecule has 1 heterocycles. The van der Waals surface area contributed by atoms with Gasteiger partial charge in [-0.2, -0.15) is 18.3 Å².